The van der Waals surface area contributed by atoms with E-state index in [1.165, 1.54) is 0 Å². The topological polar surface area (TPSA) is 122 Å². The van der Waals surface area contributed by atoms with Crippen LogP contribution in [0.4, 0.5) is 5.69 Å². The van der Waals surface area contributed by atoms with E-state index in [0.29, 0.717) is 5.69 Å². The Morgan fingerprint density at radius 3 is 2.25 bits per heavy atom. The van der Waals surface area contributed by atoms with Crippen molar-refractivity contribution in [1.29, 1.82) is 0 Å². The summed E-state index contributed by atoms with van der Waals surface area (Å²) in [5, 5.41) is 42.4. The number of nitrogens with one attached hydrogen (secondary N) is 1. The Kier molecular flexibility index (Phi) is 6.41. The summed E-state index contributed by atoms with van der Waals surface area (Å²) in [6, 6.07) is 8.62. The molecule has 20 heavy (non-hydrogen) atoms. The summed E-state index contributed by atoms with van der Waals surface area (Å²) < 4.78 is 5.01. The van der Waals surface area contributed by atoms with E-state index in [2.05, 4.69) is 5.32 Å². The number of carbonyl (C=O) groups excluding carboxylic acids is 1. The van der Waals surface area contributed by atoms with Crippen LogP contribution in [0.2, 0.25) is 0 Å². The third-order valence-electron chi connectivity index (χ3n) is 2.93. The fourth-order valence-electron chi connectivity index (χ4n) is 1.89. The molecule has 1 aliphatic heterocycles. The van der Waals surface area contributed by atoms with Gasteiger partial charge in [-0.25, -0.2) is 0 Å². The molecular formula is C12H14NNaO6. The van der Waals surface area contributed by atoms with Crippen molar-refractivity contribution in [1.82, 2.24) is 0 Å². The van der Waals surface area contributed by atoms with E-state index in [4.69, 9.17) is 4.74 Å². The average Bonchev–Trinajstić information content (AvgIpc) is 2.40. The van der Waals surface area contributed by atoms with E-state index in [-0.39, 0.29) is 29.6 Å². The van der Waals surface area contributed by atoms with Crippen molar-refractivity contribution < 1.29 is 59.5 Å². The minimum absolute atomic E-state index is 0. The molecule has 8 heteroatoms. The molecule has 1 aliphatic rings. The van der Waals surface area contributed by atoms with E-state index in [1.807, 2.05) is 0 Å². The molecule has 4 N–H and O–H groups in total. The molecule has 1 fully saturated rings. The quantitative estimate of drug-likeness (QED) is 0.410. The normalized spacial score (nSPS) is 33.0. The predicted octanol–water partition coefficient (Wildman–Crippen LogP) is -5.34. The van der Waals surface area contributed by atoms with E-state index < -0.39 is 36.6 Å². The van der Waals surface area contributed by atoms with Gasteiger partial charge in [-0.15, -0.1) is 0 Å². The van der Waals surface area contributed by atoms with Crippen molar-refractivity contribution in [3.63, 3.8) is 0 Å². The summed E-state index contributed by atoms with van der Waals surface area (Å²) >= 11 is 0. The Balaban J connectivity index is 0.00000200. The van der Waals surface area contributed by atoms with Crippen LogP contribution >= 0.6 is 0 Å². The maximum absolute atomic E-state index is 10.8. The molecule has 0 saturated carbocycles. The Bertz CT molecular complexity index is 445. The van der Waals surface area contributed by atoms with Crippen LogP contribution in [0.1, 0.15) is 0 Å². The van der Waals surface area contributed by atoms with Crippen LogP contribution < -0.4 is 40.0 Å². The molecule has 0 bridgehead atoms. The summed E-state index contributed by atoms with van der Waals surface area (Å²) in [7, 11) is 0. The molecule has 0 amide bonds. The second-order valence-corrected chi connectivity index (χ2v) is 4.28. The Hall–Kier alpha value is -0.670. The van der Waals surface area contributed by atoms with Crippen LogP contribution in [0.5, 0.6) is 0 Å². The molecule has 7 nitrogen and oxygen atoms in total. The predicted molar refractivity (Wildman–Crippen MR) is 61.8 cm³/mol. The van der Waals surface area contributed by atoms with E-state index in [1.54, 1.807) is 30.3 Å². The molecule has 0 radical (unpaired) electrons. The second kappa shape index (κ2) is 7.37. The Morgan fingerprint density at radius 2 is 1.70 bits per heavy atom. The number of benzene rings is 1. The number of hydrogen-bond acceptors (Lipinski definition) is 7. The minimum Gasteiger partial charge on any atom is -0.547 e. The summed E-state index contributed by atoms with van der Waals surface area (Å²) in [6.45, 7) is 0. The fourth-order valence-corrected chi connectivity index (χ4v) is 1.89. The number of rotatable bonds is 3. The molecule has 0 spiro atoms. The minimum atomic E-state index is -1.74. The summed E-state index contributed by atoms with van der Waals surface area (Å²) in [5.41, 5.74) is 0.576. The van der Waals surface area contributed by atoms with Gasteiger partial charge in [-0.1, -0.05) is 18.2 Å². The molecular weight excluding hydrogens is 277 g/mol. The van der Waals surface area contributed by atoms with Crippen molar-refractivity contribution in [3.05, 3.63) is 30.3 Å². The molecule has 5 atom stereocenters. The average molecular weight is 291 g/mol. The van der Waals surface area contributed by atoms with Crippen LogP contribution in [-0.4, -0.2) is 51.9 Å². The van der Waals surface area contributed by atoms with Gasteiger partial charge in [-0.05, 0) is 12.1 Å². The largest absolute Gasteiger partial charge is 1.00 e. The van der Waals surface area contributed by atoms with Crippen molar-refractivity contribution >= 4 is 11.7 Å². The zero-order valence-electron chi connectivity index (χ0n) is 10.8. The van der Waals surface area contributed by atoms with Gasteiger partial charge in [0.25, 0.3) is 0 Å². The van der Waals surface area contributed by atoms with Gasteiger partial charge in [-0.2, -0.15) is 0 Å². The smallest absolute Gasteiger partial charge is 0.547 e. The van der Waals surface area contributed by atoms with Gasteiger partial charge in [0, 0.05) is 5.69 Å². The molecule has 104 valence electrons. The molecule has 1 aromatic carbocycles. The first-order valence-electron chi connectivity index (χ1n) is 5.73. The van der Waals surface area contributed by atoms with Gasteiger partial charge in [0.05, 0.1) is 5.97 Å². The first kappa shape index (κ1) is 17.4. The first-order valence-corrected chi connectivity index (χ1v) is 5.73. The Morgan fingerprint density at radius 1 is 1.10 bits per heavy atom. The number of anilines is 1. The van der Waals surface area contributed by atoms with Crippen LogP contribution in [-0.2, 0) is 9.53 Å². The summed E-state index contributed by atoms with van der Waals surface area (Å²) in [4.78, 5) is 10.8. The molecule has 2 rings (SSSR count). The van der Waals surface area contributed by atoms with Crippen molar-refractivity contribution in [3.8, 4) is 0 Å². The zero-order valence-corrected chi connectivity index (χ0v) is 12.8. The van der Waals surface area contributed by atoms with E-state index in [0.717, 1.165) is 0 Å². The molecule has 1 unspecified atom stereocenters. The fraction of sp³-hybridized carbons (Fsp3) is 0.417. The third kappa shape index (κ3) is 3.70. The number of hydrogen-bond donors (Lipinski definition) is 4. The van der Waals surface area contributed by atoms with Gasteiger partial charge in [-0.3, -0.25) is 0 Å². The number of aliphatic hydroxyl groups is 3. The summed E-state index contributed by atoms with van der Waals surface area (Å²) in [6.07, 6.45) is -7.72. The SMILES string of the molecule is O=C([O-])[C@H]1OC(Nc2ccccc2)[C@H](O)[C@@H](O)[C@@H]1O.[Na+]. The number of carbonyl (C=O) groups is 1. The number of aliphatic carboxylic acids is 1. The number of aliphatic hydroxyl groups excluding tert-OH is 3. The number of ether oxygens (including phenoxy) is 1. The van der Waals surface area contributed by atoms with E-state index >= 15 is 0 Å². The third-order valence-corrected chi connectivity index (χ3v) is 2.93. The van der Waals surface area contributed by atoms with Gasteiger partial charge in [0.15, 0.2) is 6.23 Å². The maximum Gasteiger partial charge on any atom is 1.00 e. The van der Waals surface area contributed by atoms with Crippen molar-refractivity contribution in [2.24, 2.45) is 0 Å². The number of carboxylic acid groups (broad SMARTS) is 1. The van der Waals surface area contributed by atoms with Gasteiger partial charge >= 0.3 is 29.6 Å². The van der Waals surface area contributed by atoms with Crippen LogP contribution in [0, 0.1) is 0 Å². The van der Waals surface area contributed by atoms with Gasteiger partial charge in [0.1, 0.15) is 24.4 Å². The van der Waals surface area contributed by atoms with Crippen molar-refractivity contribution in [2.75, 3.05) is 5.32 Å². The molecule has 0 aliphatic carbocycles. The maximum atomic E-state index is 10.8. The number of para-hydroxylation sites is 1. The second-order valence-electron chi connectivity index (χ2n) is 4.28. The number of carboxylic acids is 1. The zero-order chi connectivity index (χ0) is 14.0. The molecule has 1 aromatic rings. The van der Waals surface area contributed by atoms with Crippen molar-refractivity contribution in [2.45, 2.75) is 30.6 Å². The monoisotopic (exact) mass is 291 g/mol. The molecule has 0 aromatic heterocycles. The molecule has 1 heterocycles. The van der Waals surface area contributed by atoms with Crippen LogP contribution in [0.3, 0.4) is 0 Å². The van der Waals surface area contributed by atoms with Gasteiger partial charge < -0.3 is 35.3 Å². The standard InChI is InChI=1S/C12H15NO6.Na/c14-7-8(15)10(12(17)18)19-11(9(7)16)13-6-4-2-1-3-5-6;/h1-5,7-11,13-16H,(H,17,18);/q;+1/p-1/t7-,8-,9+,10-,11?;/m0./s1. The van der Waals surface area contributed by atoms with Gasteiger partial charge in [0.2, 0.25) is 0 Å². The summed E-state index contributed by atoms with van der Waals surface area (Å²) in [5.74, 6) is -1.65. The van der Waals surface area contributed by atoms with Crippen LogP contribution in [0.25, 0.3) is 0 Å². The molecule has 1 saturated heterocycles. The van der Waals surface area contributed by atoms with Crippen LogP contribution in [0.15, 0.2) is 30.3 Å². The first-order chi connectivity index (χ1) is 9.00. The Labute approximate surface area is 137 Å². The van der Waals surface area contributed by atoms with E-state index in [9.17, 15) is 25.2 Å².